The van der Waals surface area contributed by atoms with Gasteiger partial charge in [0.25, 0.3) is 0 Å². The molecule has 0 atom stereocenters. The summed E-state index contributed by atoms with van der Waals surface area (Å²) < 4.78 is 5.58. The molecule has 2 N–H and O–H groups in total. The van der Waals surface area contributed by atoms with E-state index in [-0.39, 0.29) is 12.1 Å². The molecule has 1 aromatic rings. The SMILES string of the molecule is CC(C)(C)NCc1ccc(OCCCCO)cc1. The molecular formula is C15H25NO2. The van der Waals surface area contributed by atoms with Crippen molar-refractivity contribution in [2.45, 2.75) is 45.7 Å². The van der Waals surface area contributed by atoms with Gasteiger partial charge in [-0.2, -0.15) is 0 Å². The molecule has 1 rings (SSSR count). The first-order valence-electron chi connectivity index (χ1n) is 6.59. The van der Waals surface area contributed by atoms with Gasteiger partial charge in [0.05, 0.1) is 6.61 Å². The van der Waals surface area contributed by atoms with Crippen LogP contribution >= 0.6 is 0 Å². The summed E-state index contributed by atoms with van der Waals surface area (Å²) in [6.07, 6.45) is 1.69. The highest BCUT2D eigenvalue weighted by molar-refractivity contribution is 5.27. The van der Waals surface area contributed by atoms with Crippen LogP contribution in [0.3, 0.4) is 0 Å². The van der Waals surface area contributed by atoms with Crippen LogP contribution in [0.25, 0.3) is 0 Å². The Balaban J connectivity index is 2.33. The summed E-state index contributed by atoms with van der Waals surface area (Å²) in [4.78, 5) is 0. The molecule has 0 aliphatic rings. The van der Waals surface area contributed by atoms with E-state index in [2.05, 4.69) is 38.2 Å². The number of aliphatic hydroxyl groups excluding tert-OH is 1. The Bertz CT molecular complexity index is 327. The Hall–Kier alpha value is -1.06. The van der Waals surface area contributed by atoms with Crippen molar-refractivity contribution >= 4 is 0 Å². The first-order valence-corrected chi connectivity index (χ1v) is 6.59. The molecule has 18 heavy (non-hydrogen) atoms. The summed E-state index contributed by atoms with van der Waals surface area (Å²) in [7, 11) is 0. The fourth-order valence-electron chi connectivity index (χ4n) is 1.47. The van der Waals surface area contributed by atoms with Crippen LogP contribution in [0.2, 0.25) is 0 Å². The van der Waals surface area contributed by atoms with Gasteiger partial charge in [0.1, 0.15) is 5.75 Å². The molecule has 0 heterocycles. The Morgan fingerprint density at radius 3 is 2.33 bits per heavy atom. The standard InChI is InChI=1S/C15H25NO2/c1-15(2,3)16-12-13-6-8-14(9-7-13)18-11-5-4-10-17/h6-9,16-17H,4-5,10-12H2,1-3H3. The maximum atomic E-state index is 8.66. The van der Waals surface area contributed by atoms with Crippen molar-refractivity contribution in [3.63, 3.8) is 0 Å². The summed E-state index contributed by atoms with van der Waals surface area (Å²) >= 11 is 0. The topological polar surface area (TPSA) is 41.5 Å². The Morgan fingerprint density at radius 1 is 1.11 bits per heavy atom. The second kappa shape index (κ2) is 7.39. The fourth-order valence-corrected chi connectivity index (χ4v) is 1.47. The highest BCUT2D eigenvalue weighted by Gasteiger charge is 2.08. The van der Waals surface area contributed by atoms with E-state index in [1.807, 2.05) is 12.1 Å². The Labute approximate surface area is 110 Å². The van der Waals surface area contributed by atoms with E-state index in [9.17, 15) is 0 Å². The third-order valence-electron chi connectivity index (χ3n) is 2.57. The highest BCUT2D eigenvalue weighted by atomic mass is 16.5. The molecule has 0 spiro atoms. The van der Waals surface area contributed by atoms with Gasteiger partial charge in [0, 0.05) is 18.7 Å². The lowest BCUT2D eigenvalue weighted by atomic mass is 10.1. The van der Waals surface area contributed by atoms with Crippen molar-refractivity contribution in [2.24, 2.45) is 0 Å². The van der Waals surface area contributed by atoms with Gasteiger partial charge in [-0.15, -0.1) is 0 Å². The summed E-state index contributed by atoms with van der Waals surface area (Å²) in [5, 5.41) is 12.1. The predicted octanol–water partition coefficient (Wildman–Crippen LogP) is 2.73. The molecule has 0 unspecified atom stereocenters. The Kier molecular flexibility index (Phi) is 6.16. The van der Waals surface area contributed by atoms with E-state index in [1.165, 1.54) is 5.56 Å². The molecule has 0 fully saturated rings. The number of aliphatic hydroxyl groups is 1. The molecule has 0 radical (unpaired) electrons. The molecule has 102 valence electrons. The van der Waals surface area contributed by atoms with Crippen LogP contribution in [-0.2, 0) is 6.54 Å². The molecule has 1 aromatic carbocycles. The first-order chi connectivity index (χ1) is 8.51. The summed E-state index contributed by atoms with van der Waals surface area (Å²) in [6.45, 7) is 8.25. The van der Waals surface area contributed by atoms with E-state index < -0.39 is 0 Å². The van der Waals surface area contributed by atoms with Crippen LogP contribution in [0, 0.1) is 0 Å². The van der Waals surface area contributed by atoms with Crippen molar-refractivity contribution in [1.29, 1.82) is 0 Å². The van der Waals surface area contributed by atoms with Crippen LogP contribution in [-0.4, -0.2) is 23.9 Å². The lowest BCUT2D eigenvalue weighted by molar-refractivity contribution is 0.253. The van der Waals surface area contributed by atoms with Crippen molar-refractivity contribution in [3.05, 3.63) is 29.8 Å². The van der Waals surface area contributed by atoms with Gasteiger partial charge in [-0.25, -0.2) is 0 Å². The molecule has 0 saturated heterocycles. The number of benzene rings is 1. The molecular weight excluding hydrogens is 226 g/mol. The minimum absolute atomic E-state index is 0.138. The van der Waals surface area contributed by atoms with E-state index >= 15 is 0 Å². The molecule has 0 aliphatic carbocycles. The molecule has 3 heteroatoms. The van der Waals surface area contributed by atoms with Crippen LogP contribution in [0.4, 0.5) is 0 Å². The van der Waals surface area contributed by atoms with Gasteiger partial charge in [-0.05, 0) is 51.3 Å². The number of unbranched alkanes of at least 4 members (excludes halogenated alkanes) is 1. The summed E-state index contributed by atoms with van der Waals surface area (Å²) in [5.41, 5.74) is 1.40. The van der Waals surface area contributed by atoms with Gasteiger partial charge in [-0.3, -0.25) is 0 Å². The third-order valence-corrected chi connectivity index (χ3v) is 2.57. The van der Waals surface area contributed by atoms with E-state index in [0.717, 1.165) is 25.1 Å². The normalized spacial score (nSPS) is 11.6. The summed E-state index contributed by atoms with van der Waals surface area (Å²) in [6, 6.07) is 8.16. The van der Waals surface area contributed by atoms with Crippen molar-refractivity contribution < 1.29 is 9.84 Å². The monoisotopic (exact) mass is 251 g/mol. The third kappa shape index (κ3) is 6.62. The van der Waals surface area contributed by atoms with Gasteiger partial charge in [-0.1, -0.05) is 12.1 Å². The molecule has 0 aromatic heterocycles. The van der Waals surface area contributed by atoms with Crippen molar-refractivity contribution in [3.8, 4) is 5.75 Å². The van der Waals surface area contributed by atoms with Gasteiger partial charge in [0.2, 0.25) is 0 Å². The maximum Gasteiger partial charge on any atom is 0.119 e. The van der Waals surface area contributed by atoms with Crippen LogP contribution in [0.15, 0.2) is 24.3 Å². The van der Waals surface area contributed by atoms with Gasteiger partial charge in [0.15, 0.2) is 0 Å². The molecule has 0 aliphatic heterocycles. The average Bonchev–Trinajstić information content (AvgIpc) is 2.33. The summed E-state index contributed by atoms with van der Waals surface area (Å²) in [5.74, 6) is 0.896. The zero-order chi connectivity index (χ0) is 13.4. The molecule has 0 amide bonds. The zero-order valence-corrected chi connectivity index (χ0v) is 11.7. The predicted molar refractivity (Wildman–Crippen MR) is 74.8 cm³/mol. The average molecular weight is 251 g/mol. The fraction of sp³-hybridized carbons (Fsp3) is 0.600. The second-order valence-electron chi connectivity index (χ2n) is 5.53. The molecule has 0 bridgehead atoms. The lowest BCUT2D eigenvalue weighted by Gasteiger charge is -2.20. The maximum absolute atomic E-state index is 8.66. The van der Waals surface area contributed by atoms with E-state index in [4.69, 9.17) is 9.84 Å². The van der Waals surface area contributed by atoms with Gasteiger partial charge < -0.3 is 15.2 Å². The quantitative estimate of drug-likeness (QED) is 0.732. The minimum atomic E-state index is 0.138. The van der Waals surface area contributed by atoms with E-state index in [1.54, 1.807) is 0 Å². The smallest absolute Gasteiger partial charge is 0.119 e. The van der Waals surface area contributed by atoms with Crippen LogP contribution in [0.5, 0.6) is 5.75 Å². The zero-order valence-electron chi connectivity index (χ0n) is 11.7. The van der Waals surface area contributed by atoms with Crippen molar-refractivity contribution in [1.82, 2.24) is 5.32 Å². The molecule has 3 nitrogen and oxygen atoms in total. The van der Waals surface area contributed by atoms with Gasteiger partial charge >= 0.3 is 0 Å². The number of rotatable bonds is 7. The highest BCUT2D eigenvalue weighted by Crippen LogP contribution is 2.13. The minimum Gasteiger partial charge on any atom is -0.494 e. The number of nitrogens with one attached hydrogen (secondary N) is 1. The largest absolute Gasteiger partial charge is 0.494 e. The van der Waals surface area contributed by atoms with Crippen molar-refractivity contribution in [2.75, 3.05) is 13.2 Å². The Morgan fingerprint density at radius 2 is 1.78 bits per heavy atom. The van der Waals surface area contributed by atoms with Crippen LogP contribution in [0.1, 0.15) is 39.2 Å². The number of hydrogen-bond acceptors (Lipinski definition) is 3. The van der Waals surface area contributed by atoms with E-state index in [0.29, 0.717) is 6.61 Å². The second-order valence-corrected chi connectivity index (χ2v) is 5.53. The lowest BCUT2D eigenvalue weighted by Crippen LogP contribution is -2.35. The number of ether oxygens (including phenoxy) is 1. The molecule has 0 saturated carbocycles. The first kappa shape index (κ1) is 15.0. The van der Waals surface area contributed by atoms with Crippen LogP contribution < -0.4 is 10.1 Å². The number of hydrogen-bond donors (Lipinski definition) is 2.